The van der Waals surface area contributed by atoms with Gasteiger partial charge < -0.3 is 64.2 Å². The van der Waals surface area contributed by atoms with Crippen molar-refractivity contribution >= 4 is 5.97 Å². The second-order valence-corrected chi connectivity index (χ2v) is 18.0. The lowest BCUT2D eigenvalue weighted by Gasteiger charge is -2.42. The largest absolute Gasteiger partial charge is 0.457 e. The highest BCUT2D eigenvalue weighted by Gasteiger charge is 2.47. The van der Waals surface area contributed by atoms with Gasteiger partial charge in [-0.2, -0.15) is 0 Å². The number of carbonyl (C=O) groups excluding carboxylic acids is 1. The van der Waals surface area contributed by atoms with E-state index >= 15 is 0 Å². The van der Waals surface area contributed by atoms with E-state index in [1.807, 2.05) is 0 Å². The topological polar surface area (TPSA) is 214 Å². The van der Waals surface area contributed by atoms with Crippen molar-refractivity contribution in [1.29, 1.82) is 0 Å². The molecule has 380 valence electrons. The van der Waals surface area contributed by atoms with E-state index in [4.69, 9.17) is 28.4 Å². The van der Waals surface area contributed by atoms with Crippen LogP contribution in [0, 0.1) is 0 Å². The molecular weight excluding hydrogens is 837 g/mol. The number of allylic oxidation sites excluding steroid dienone is 6. The summed E-state index contributed by atoms with van der Waals surface area (Å²) in [4.78, 5) is 12.9. The van der Waals surface area contributed by atoms with Gasteiger partial charge in [0.2, 0.25) is 0 Å². The second kappa shape index (κ2) is 39.1. The van der Waals surface area contributed by atoms with Gasteiger partial charge in [-0.05, 0) is 51.4 Å². The predicted octanol–water partition coefficient (Wildman–Crippen LogP) is 7.41. The molecular formula is C51H92O14. The van der Waals surface area contributed by atoms with Crippen molar-refractivity contribution < 1.29 is 69.0 Å². The summed E-state index contributed by atoms with van der Waals surface area (Å²) in [5.74, 6) is -0.385. The van der Waals surface area contributed by atoms with E-state index in [2.05, 4.69) is 50.3 Å². The lowest BCUT2D eigenvalue weighted by atomic mass is 9.98. The summed E-state index contributed by atoms with van der Waals surface area (Å²) in [7, 11) is 0. The van der Waals surface area contributed by atoms with Crippen molar-refractivity contribution in [3.8, 4) is 0 Å². The van der Waals surface area contributed by atoms with E-state index in [0.717, 1.165) is 57.8 Å². The minimum Gasteiger partial charge on any atom is -0.457 e. The Balaban J connectivity index is 1.67. The van der Waals surface area contributed by atoms with Crippen LogP contribution in [0.3, 0.4) is 0 Å². The van der Waals surface area contributed by atoms with E-state index in [1.54, 1.807) is 0 Å². The van der Waals surface area contributed by atoms with Gasteiger partial charge in [-0.25, -0.2) is 0 Å². The Morgan fingerprint density at radius 2 is 0.954 bits per heavy atom. The number of hydrogen-bond donors (Lipinski definition) is 7. The first-order valence-corrected chi connectivity index (χ1v) is 25.6. The molecule has 0 aliphatic carbocycles. The molecule has 2 rings (SSSR count). The van der Waals surface area contributed by atoms with Crippen LogP contribution in [0.25, 0.3) is 0 Å². The third-order valence-electron chi connectivity index (χ3n) is 12.2. The highest BCUT2D eigenvalue weighted by Crippen LogP contribution is 2.26. The number of rotatable bonds is 40. The fourth-order valence-corrected chi connectivity index (χ4v) is 7.94. The SMILES string of the molecule is CCCCCCC/C=C\C/C=C\C/C=C\CCCCCCCCCCCOCC(COC1OC(COC2OC(CO)C(O)C(O)C2O)C(O)C(O)C1O)OC(=O)CCCCCCCCC. The average Bonchev–Trinajstić information content (AvgIpc) is 3.30. The maximum absolute atomic E-state index is 12.9. The van der Waals surface area contributed by atoms with E-state index < -0.39 is 80.7 Å². The average molecular weight is 929 g/mol. The molecule has 14 nitrogen and oxygen atoms in total. The van der Waals surface area contributed by atoms with E-state index in [0.29, 0.717) is 13.0 Å². The number of aliphatic hydroxyl groups is 7. The molecule has 11 atom stereocenters. The normalized spacial score (nSPS) is 26.8. The maximum Gasteiger partial charge on any atom is 0.306 e. The highest BCUT2D eigenvalue weighted by molar-refractivity contribution is 5.69. The number of aliphatic hydroxyl groups excluding tert-OH is 7. The Morgan fingerprint density at radius 1 is 0.508 bits per heavy atom. The zero-order valence-corrected chi connectivity index (χ0v) is 40.2. The summed E-state index contributed by atoms with van der Waals surface area (Å²) in [6.07, 6.45) is 26.7. The molecule has 14 heteroatoms. The Kier molecular flexibility index (Phi) is 35.7. The molecule has 2 aliphatic heterocycles. The van der Waals surface area contributed by atoms with Gasteiger partial charge in [0.05, 0.1) is 26.4 Å². The maximum atomic E-state index is 12.9. The standard InChI is InChI=1S/C51H92O14/c1-3-5-7-9-11-12-13-14-15-16-17-18-19-20-21-22-23-24-25-26-27-29-31-33-35-60-37-40(63-43(53)34-32-30-28-10-8-6-4-2)38-61-50-49(59)47(57)45(55)42(65-50)39-62-51-48(58)46(56)44(54)41(36-52)64-51/h13-14,16-17,19-20,40-42,44-52,54-59H,3-12,15,18,21-39H2,1-2H3/b14-13-,17-16-,20-19-. The fourth-order valence-electron chi connectivity index (χ4n) is 7.94. The summed E-state index contributed by atoms with van der Waals surface area (Å²) < 4.78 is 34.1. The number of unbranched alkanes of at least 4 members (excludes halogenated alkanes) is 20. The molecule has 11 unspecified atom stereocenters. The monoisotopic (exact) mass is 929 g/mol. The molecule has 0 saturated carbocycles. The Hall–Kier alpha value is -1.79. The third-order valence-corrected chi connectivity index (χ3v) is 12.2. The van der Waals surface area contributed by atoms with Crippen molar-refractivity contribution in [3.63, 3.8) is 0 Å². The molecule has 2 fully saturated rings. The predicted molar refractivity (Wildman–Crippen MR) is 252 cm³/mol. The van der Waals surface area contributed by atoms with Crippen molar-refractivity contribution in [1.82, 2.24) is 0 Å². The first-order valence-electron chi connectivity index (χ1n) is 25.6. The summed E-state index contributed by atoms with van der Waals surface area (Å²) in [6, 6.07) is 0. The Labute approximate surface area is 391 Å². The van der Waals surface area contributed by atoms with Gasteiger partial charge >= 0.3 is 5.97 Å². The zero-order valence-electron chi connectivity index (χ0n) is 40.2. The van der Waals surface area contributed by atoms with Gasteiger partial charge in [0.25, 0.3) is 0 Å². The van der Waals surface area contributed by atoms with Gasteiger partial charge in [0.1, 0.15) is 54.9 Å². The molecule has 0 aromatic carbocycles. The van der Waals surface area contributed by atoms with Crippen LogP contribution in [0.5, 0.6) is 0 Å². The molecule has 2 saturated heterocycles. The summed E-state index contributed by atoms with van der Waals surface area (Å²) in [5.41, 5.74) is 0. The van der Waals surface area contributed by atoms with Crippen LogP contribution in [0.4, 0.5) is 0 Å². The van der Waals surface area contributed by atoms with Gasteiger partial charge in [-0.1, -0.05) is 159 Å². The molecule has 2 heterocycles. The molecule has 0 bridgehead atoms. The molecule has 0 radical (unpaired) electrons. The van der Waals surface area contributed by atoms with Crippen LogP contribution in [0.2, 0.25) is 0 Å². The van der Waals surface area contributed by atoms with Crippen LogP contribution in [-0.4, -0.2) is 142 Å². The lowest BCUT2D eigenvalue weighted by molar-refractivity contribution is -0.332. The van der Waals surface area contributed by atoms with Crippen molar-refractivity contribution in [2.45, 2.75) is 248 Å². The highest BCUT2D eigenvalue weighted by atomic mass is 16.7. The molecule has 0 aromatic heterocycles. The minimum atomic E-state index is -1.70. The van der Waals surface area contributed by atoms with Gasteiger partial charge in [-0.15, -0.1) is 0 Å². The summed E-state index contributed by atoms with van der Waals surface area (Å²) in [5, 5.41) is 71.9. The van der Waals surface area contributed by atoms with Crippen LogP contribution in [-0.2, 0) is 33.2 Å². The van der Waals surface area contributed by atoms with Crippen molar-refractivity contribution in [2.24, 2.45) is 0 Å². The smallest absolute Gasteiger partial charge is 0.306 e. The van der Waals surface area contributed by atoms with E-state index in [-0.39, 0.29) is 25.6 Å². The number of ether oxygens (including phenoxy) is 6. The van der Waals surface area contributed by atoms with Crippen LogP contribution in [0.15, 0.2) is 36.5 Å². The molecule has 65 heavy (non-hydrogen) atoms. The third kappa shape index (κ3) is 27.1. The molecule has 0 amide bonds. The number of hydrogen-bond acceptors (Lipinski definition) is 14. The second-order valence-electron chi connectivity index (χ2n) is 18.0. The Morgan fingerprint density at radius 3 is 1.49 bits per heavy atom. The van der Waals surface area contributed by atoms with Crippen LogP contribution < -0.4 is 0 Å². The van der Waals surface area contributed by atoms with Crippen LogP contribution in [0.1, 0.15) is 181 Å². The fraction of sp³-hybridized carbons (Fsp3) is 0.863. The zero-order chi connectivity index (χ0) is 47.3. The number of carbonyl (C=O) groups is 1. The first kappa shape index (κ1) is 59.3. The molecule has 0 aromatic rings. The Bertz CT molecular complexity index is 1220. The van der Waals surface area contributed by atoms with Crippen molar-refractivity contribution in [2.75, 3.05) is 33.0 Å². The van der Waals surface area contributed by atoms with Gasteiger partial charge in [0.15, 0.2) is 12.6 Å². The van der Waals surface area contributed by atoms with Gasteiger partial charge in [0, 0.05) is 13.0 Å². The molecule has 0 spiro atoms. The summed E-state index contributed by atoms with van der Waals surface area (Å²) in [6.45, 7) is 3.61. The first-order chi connectivity index (χ1) is 31.6. The quantitative estimate of drug-likeness (QED) is 0.0181. The summed E-state index contributed by atoms with van der Waals surface area (Å²) >= 11 is 0. The van der Waals surface area contributed by atoms with Gasteiger partial charge in [-0.3, -0.25) is 4.79 Å². The molecule has 2 aliphatic rings. The lowest BCUT2D eigenvalue weighted by Crippen LogP contribution is -2.61. The van der Waals surface area contributed by atoms with Crippen LogP contribution >= 0.6 is 0 Å². The van der Waals surface area contributed by atoms with E-state index in [9.17, 15) is 40.5 Å². The molecule has 7 N–H and O–H groups in total. The number of esters is 1. The minimum absolute atomic E-state index is 0.0588. The van der Waals surface area contributed by atoms with E-state index in [1.165, 1.54) is 96.3 Å². The van der Waals surface area contributed by atoms with Crippen molar-refractivity contribution in [3.05, 3.63) is 36.5 Å².